The highest BCUT2D eigenvalue weighted by molar-refractivity contribution is 6.30. The second-order valence-corrected chi connectivity index (χ2v) is 7.56. The van der Waals surface area contributed by atoms with Crippen molar-refractivity contribution in [2.45, 2.75) is 25.5 Å². The summed E-state index contributed by atoms with van der Waals surface area (Å²) in [7, 11) is 1.56. The van der Waals surface area contributed by atoms with Crippen LogP contribution in [-0.2, 0) is 13.6 Å². The molecule has 0 radical (unpaired) electrons. The zero-order valence-electron chi connectivity index (χ0n) is 16.0. The average molecular weight is 420 g/mol. The number of nitrogens with zero attached hydrogens (tertiary/aromatic N) is 4. The number of aliphatic hydroxyl groups is 1. The lowest BCUT2D eigenvalue weighted by Crippen LogP contribution is -2.31. The largest absolute Gasteiger partial charge is 0.491 e. The summed E-state index contributed by atoms with van der Waals surface area (Å²) in [6.45, 7) is 1.76. The predicted octanol–water partition coefficient (Wildman–Crippen LogP) is 1.12. The van der Waals surface area contributed by atoms with Crippen LogP contribution in [0.2, 0.25) is 5.02 Å². The molecule has 1 aliphatic heterocycles. The molecule has 1 unspecified atom stereocenters. The lowest BCUT2D eigenvalue weighted by atomic mass is 10.3. The lowest BCUT2D eigenvalue weighted by molar-refractivity contribution is 0.0936. The third-order valence-electron chi connectivity index (χ3n) is 5.03. The molecule has 0 saturated carbocycles. The van der Waals surface area contributed by atoms with Crippen LogP contribution < -0.4 is 20.9 Å². The molecular formula is C19H22ClN5O4. The number of aliphatic hydroxyl groups excluding tert-OH is 1. The van der Waals surface area contributed by atoms with E-state index < -0.39 is 17.4 Å². The van der Waals surface area contributed by atoms with E-state index in [1.54, 1.807) is 35.9 Å². The molecule has 1 aromatic carbocycles. The van der Waals surface area contributed by atoms with Crippen LogP contribution in [0.5, 0.6) is 5.75 Å². The minimum Gasteiger partial charge on any atom is -0.491 e. The average Bonchev–Trinajstić information content (AvgIpc) is 3.34. The molecule has 4 rings (SSSR count). The summed E-state index contributed by atoms with van der Waals surface area (Å²) < 4.78 is 8.61. The summed E-state index contributed by atoms with van der Waals surface area (Å²) in [5.74, 6) is 1.17. The number of ether oxygens (including phenoxy) is 1. The van der Waals surface area contributed by atoms with Crippen molar-refractivity contribution in [3.05, 3.63) is 50.1 Å². The van der Waals surface area contributed by atoms with Crippen molar-refractivity contribution < 1.29 is 9.84 Å². The molecule has 1 fully saturated rings. The van der Waals surface area contributed by atoms with Gasteiger partial charge >= 0.3 is 5.69 Å². The minimum atomic E-state index is -0.888. The number of aromatic nitrogens is 4. The van der Waals surface area contributed by atoms with Gasteiger partial charge in [0.1, 0.15) is 18.5 Å². The maximum Gasteiger partial charge on any atom is 0.329 e. The summed E-state index contributed by atoms with van der Waals surface area (Å²) in [5, 5.41) is 11.2. The molecule has 3 aromatic rings. The Morgan fingerprint density at radius 3 is 2.62 bits per heavy atom. The fourth-order valence-corrected chi connectivity index (χ4v) is 3.67. The number of aryl methyl sites for hydroxylation is 1. The van der Waals surface area contributed by atoms with E-state index in [2.05, 4.69) is 14.9 Å². The topological polar surface area (TPSA) is 105 Å². The highest BCUT2D eigenvalue weighted by Crippen LogP contribution is 2.24. The Morgan fingerprint density at radius 2 is 1.93 bits per heavy atom. The molecule has 0 spiro atoms. The second-order valence-electron chi connectivity index (χ2n) is 7.13. The lowest BCUT2D eigenvalue weighted by Gasteiger charge is -2.20. The summed E-state index contributed by atoms with van der Waals surface area (Å²) in [4.78, 5) is 33.4. The first kappa shape index (κ1) is 19.5. The third-order valence-corrected chi connectivity index (χ3v) is 5.28. The molecule has 0 amide bonds. The van der Waals surface area contributed by atoms with E-state index in [1.807, 2.05) is 0 Å². The van der Waals surface area contributed by atoms with Gasteiger partial charge in [0, 0.05) is 25.2 Å². The normalized spacial score (nSPS) is 15.2. The number of aromatic amines is 1. The molecule has 29 heavy (non-hydrogen) atoms. The zero-order chi connectivity index (χ0) is 20.5. The minimum absolute atomic E-state index is 0.0322. The number of rotatable bonds is 6. The predicted molar refractivity (Wildman–Crippen MR) is 110 cm³/mol. The number of imidazole rings is 1. The van der Waals surface area contributed by atoms with Crippen LogP contribution in [0.1, 0.15) is 12.8 Å². The van der Waals surface area contributed by atoms with E-state index >= 15 is 0 Å². The molecule has 10 heteroatoms. The molecule has 2 aromatic heterocycles. The monoisotopic (exact) mass is 419 g/mol. The molecule has 1 aliphatic rings. The number of H-pyrrole nitrogens is 1. The maximum absolute atomic E-state index is 12.5. The van der Waals surface area contributed by atoms with Gasteiger partial charge in [-0.15, -0.1) is 0 Å². The number of nitrogens with one attached hydrogen (secondary N) is 1. The van der Waals surface area contributed by atoms with Crippen molar-refractivity contribution in [1.82, 2.24) is 19.1 Å². The number of hydrogen-bond donors (Lipinski definition) is 2. The summed E-state index contributed by atoms with van der Waals surface area (Å²) in [6, 6.07) is 6.85. The summed E-state index contributed by atoms with van der Waals surface area (Å²) in [6.07, 6.45) is 1.17. The SMILES string of the molecule is Cn1c(=O)[nH]c(=O)c2c1nc(N1CCCC1)n2CC(O)COc1ccc(Cl)cc1. The van der Waals surface area contributed by atoms with Gasteiger partial charge in [0.15, 0.2) is 11.2 Å². The Kier molecular flexibility index (Phi) is 5.33. The highest BCUT2D eigenvalue weighted by Gasteiger charge is 2.25. The van der Waals surface area contributed by atoms with Gasteiger partial charge in [0.2, 0.25) is 5.95 Å². The number of anilines is 1. The smallest absolute Gasteiger partial charge is 0.329 e. The van der Waals surface area contributed by atoms with Gasteiger partial charge in [0.25, 0.3) is 5.56 Å². The van der Waals surface area contributed by atoms with Crippen LogP contribution in [0.4, 0.5) is 5.95 Å². The first-order chi connectivity index (χ1) is 13.9. The Morgan fingerprint density at radius 1 is 1.24 bits per heavy atom. The third kappa shape index (κ3) is 3.88. The van der Waals surface area contributed by atoms with Crippen molar-refractivity contribution >= 4 is 28.7 Å². The van der Waals surface area contributed by atoms with E-state index in [9.17, 15) is 14.7 Å². The van der Waals surface area contributed by atoms with Crippen LogP contribution >= 0.6 is 11.6 Å². The van der Waals surface area contributed by atoms with Crippen LogP contribution in [-0.4, -0.2) is 50.0 Å². The molecule has 9 nitrogen and oxygen atoms in total. The Hall–Kier alpha value is -2.78. The van der Waals surface area contributed by atoms with Crippen LogP contribution in [0.3, 0.4) is 0 Å². The number of hydrogen-bond acceptors (Lipinski definition) is 6. The van der Waals surface area contributed by atoms with Crippen LogP contribution in [0.25, 0.3) is 11.2 Å². The van der Waals surface area contributed by atoms with Crippen molar-refractivity contribution in [2.75, 3.05) is 24.6 Å². The van der Waals surface area contributed by atoms with Gasteiger partial charge in [-0.1, -0.05) is 11.6 Å². The van der Waals surface area contributed by atoms with Gasteiger partial charge in [-0.2, -0.15) is 4.98 Å². The Balaban J connectivity index is 1.65. The number of halogens is 1. The molecule has 1 atom stereocenters. The second kappa shape index (κ2) is 7.92. The van der Waals surface area contributed by atoms with E-state index in [0.29, 0.717) is 22.4 Å². The molecular weight excluding hydrogens is 398 g/mol. The van der Waals surface area contributed by atoms with Gasteiger partial charge in [-0.05, 0) is 37.1 Å². The summed E-state index contributed by atoms with van der Waals surface area (Å²) in [5.41, 5.74) is -0.482. The fraction of sp³-hybridized carbons (Fsp3) is 0.421. The van der Waals surface area contributed by atoms with E-state index in [4.69, 9.17) is 16.3 Å². The molecule has 0 aliphatic carbocycles. The number of benzene rings is 1. The van der Waals surface area contributed by atoms with E-state index in [-0.39, 0.29) is 18.7 Å². The zero-order valence-corrected chi connectivity index (χ0v) is 16.7. The van der Waals surface area contributed by atoms with E-state index in [1.165, 1.54) is 4.57 Å². The first-order valence-electron chi connectivity index (χ1n) is 9.45. The number of fused-ring (bicyclic) bond motifs is 1. The van der Waals surface area contributed by atoms with Crippen molar-refractivity contribution in [3.8, 4) is 5.75 Å². The van der Waals surface area contributed by atoms with Gasteiger partial charge < -0.3 is 19.3 Å². The van der Waals surface area contributed by atoms with Gasteiger partial charge in [-0.3, -0.25) is 14.3 Å². The fourth-order valence-electron chi connectivity index (χ4n) is 3.54. The Labute approximate surface area is 171 Å². The van der Waals surface area contributed by atoms with Crippen LogP contribution in [0.15, 0.2) is 33.9 Å². The van der Waals surface area contributed by atoms with Crippen molar-refractivity contribution in [1.29, 1.82) is 0 Å². The Bertz CT molecular complexity index is 1130. The molecule has 3 heterocycles. The van der Waals surface area contributed by atoms with E-state index in [0.717, 1.165) is 25.9 Å². The molecule has 1 saturated heterocycles. The highest BCUT2D eigenvalue weighted by atomic mass is 35.5. The van der Waals surface area contributed by atoms with Crippen molar-refractivity contribution in [2.24, 2.45) is 7.05 Å². The molecule has 154 valence electrons. The van der Waals surface area contributed by atoms with Crippen molar-refractivity contribution in [3.63, 3.8) is 0 Å². The maximum atomic E-state index is 12.5. The van der Waals surface area contributed by atoms with Crippen LogP contribution in [0, 0.1) is 0 Å². The standard InChI is InChI=1S/C19H22ClN5O4/c1-23-16-15(17(27)22-19(23)28)25(18(21-16)24-8-2-3-9-24)10-13(26)11-29-14-6-4-12(20)5-7-14/h4-7,13,26H,2-3,8-11H2,1H3,(H,22,27,28). The molecule has 0 bridgehead atoms. The van der Waals surface area contributed by atoms with Gasteiger partial charge in [-0.25, -0.2) is 4.79 Å². The quantitative estimate of drug-likeness (QED) is 0.620. The first-order valence-corrected chi connectivity index (χ1v) is 9.83. The van der Waals surface area contributed by atoms with Gasteiger partial charge in [0.05, 0.1) is 6.54 Å². The summed E-state index contributed by atoms with van der Waals surface area (Å²) >= 11 is 5.87. The molecule has 2 N–H and O–H groups in total.